The van der Waals surface area contributed by atoms with Gasteiger partial charge in [-0.3, -0.25) is 0 Å². The first kappa shape index (κ1) is 28.1. The Morgan fingerprint density at radius 2 is 1.88 bits per heavy atom. The summed E-state index contributed by atoms with van der Waals surface area (Å²) in [4.78, 5) is 12.6. The molecule has 1 fully saturated rings. The van der Waals surface area contributed by atoms with Crippen molar-refractivity contribution < 1.29 is 30.4 Å². The lowest BCUT2D eigenvalue weighted by molar-refractivity contribution is 0.153. The molecular formula is C26H25F5N6O2S. The lowest BCUT2D eigenvalue weighted by atomic mass is 9.98. The molecule has 40 heavy (non-hydrogen) atoms. The van der Waals surface area contributed by atoms with E-state index in [0.29, 0.717) is 12.1 Å². The quantitative estimate of drug-likeness (QED) is 0.346. The molecule has 1 saturated heterocycles. The Kier molecular flexibility index (Phi) is 8.10. The van der Waals surface area contributed by atoms with Crippen LogP contribution < -0.4 is 15.4 Å². The van der Waals surface area contributed by atoms with Crippen molar-refractivity contribution in [2.24, 2.45) is 0 Å². The number of sulfonamides is 1. The van der Waals surface area contributed by atoms with E-state index in [9.17, 15) is 26.0 Å². The summed E-state index contributed by atoms with van der Waals surface area (Å²) < 4.78 is 97.2. The number of aromatic nitrogens is 3. The second-order valence-corrected chi connectivity index (χ2v) is 11.4. The highest BCUT2D eigenvalue weighted by Crippen LogP contribution is 2.31. The van der Waals surface area contributed by atoms with Gasteiger partial charge in [0.2, 0.25) is 16.0 Å². The number of hydrogen-bond acceptors (Lipinski definition) is 7. The average Bonchev–Trinajstić information content (AvgIpc) is 2.90. The number of nitrogens with one attached hydrogen (secondary N) is 3. The van der Waals surface area contributed by atoms with Crippen molar-refractivity contribution >= 4 is 32.6 Å². The molecule has 2 unspecified atom stereocenters. The smallest absolute Gasteiger partial charge is 0.266 e. The Labute approximate surface area is 226 Å². The van der Waals surface area contributed by atoms with Crippen LogP contribution in [0.3, 0.4) is 0 Å². The second-order valence-electron chi connectivity index (χ2n) is 9.61. The van der Waals surface area contributed by atoms with Crippen LogP contribution in [0.2, 0.25) is 0 Å². The third-order valence-corrected chi connectivity index (χ3v) is 7.83. The van der Waals surface area contributed by atoms with Gasteiger partial charge < -0.3 is 10.6 Å². The third-order valence-electron chi connectivity index (χ3n) is 6.49. The summed E-state index contributed by atoms with van der Waals surface area (Å²) in [5, 5.41) is 5.88. The van der Waals surface area contributed by atoms with Crippen LogP contribution in [0, 0.1) is 5.82 Å². The van der Waals surface area contributed by atoms with Gasteiger partial charge in [-0.05, 0) is 35.4 Å². The van der Waals surface area contributed by atoms with Crippen molar-refractivity contribution in [1.29, 1.82) is 0 Å². The van der Waals surface area contributed by atoms with Crippen LogP contribution in [-0.4, -0.2) is 60.9 Å². The maximum absolute atomic E-state index is 15.0. The molecule has 1 aromatic carbocycles. The Morgan fingerprint density at radius 3 is 2.58 bits per heavy atom. The number of anilines is 1. The van der Waals surface area contributed by atoms with Gasteiger partial charge in [0.05, 0.1) is 23.7 Å². The number of halogens is 5. The Bertz CT molecular complexity index is 1550. The Hall–Kier alpha value is -3.49. The number of nitrogens with zero attached hydrogens (tertiary/aromatic N) is 3. The van der Waals surface area contributed by atoms with Gasteiger partial charge in [0.15, 0.2) is 0 Å². The maximum atomic E-state index is 15.0. The fourth-order valence-corrected chi connectivity index (χ4v) is 5.92. The number of allylic oxidation sites excluding steroid dienone is 2. The molecule has 3 aromatic rings. The summed E-state index contributed by atoms with van der Waals surface area (Å²) in [6.45, 7) is 0.709. The van der Waals surface area contributed by atoms with E-state index < -0.39 is 52.0 Å². The van der Waals surface area contributed by atoms with Crippen LogP contribution in [-0.2, 0) is 15.8 Å². The van der Waals surface area contributed by atoms with E-state index in [1.807, 2.05) is 0 Å². The molecule has 0 saturated carbocycles. The first-order valence-corrected chi connectivity index (χ1v) is 14.1. The average molecular weight is 581 g/mol. The van der Waals surface area contributed by atoms with Gasteiger partial charge >= 0.3 is 0 Å². The zero-order valence-corrected chi connectivity index (χ0v) is 21.7. The lowest BCUT2D eigenvalue weighted by Crippen LogP contribution is -2.44. The van der Waals surface area contributed by atoms with Crippen LogP contribution in [0.5, 0.6) is 0 Å². The molecule has 2 aromatic heterocycles. The fraction of sp³-hybridized carbons (Fsp3) is 0.346. The van der Waals surface area contributed by atoms with Crippen LogP contribution >= 0.6 is 0 Å². The third kappa shape index (κ3) is 6.62. The second kappa shape index (κ2) is 11.6. The SMILES string of the molecule is O=S(=O)(Cc1ccc(F)cc1)NC1C=CC(c2cc(C(F)F)c3nc(N[C@@H]4CNC[C@@H](F)C4)ncc3n2)=CC1F. The van der Waals surface area contributed by atoms with Gasteiger partial charge in [0.25, 0.3) is 6.43 Å². The molecule has 1 aliphatic carbocycles. The molecule has 0 bridgehead atoms. The molecule has 0 amide bonds. The summed E-state index contributed by atoms with van der Waals surface area (Å²) in [7, 11) is -3.98. The molecule has 4 atom stereocenters. The van der Waals surface area contributed by atoms with E-state index in [2.05, 4.69) is 30.3 Å². The number of pyridine rings is 1. The summed E-state index contributed by atoms with van der Waals surface area (Å²) in [6, 6.07) is 4.43. The highest BCUT2D eigenvalue weighted by Gasteiger charge is 2.27. The normalized spacial score (nSPS) is 23.4. The minimum absolute atomic E-state index is 0.0374. The van der Waals surface area contributed by atoms with Crippen LogP contribution in [0.15, 0.2) is 54.8 Å². The molecule has 0 spiro atoms. The number of fused-ring (bicyclic) bond motifs is 1. The molecule has 212 valence electrons. The van der Waals surface area contributed by atoms with Crippen molar-refractivity contribution in [3.8, 4) is 0 Å². The molecule has 8 nitrogen and oxygen atoms in total. The number of benzene rings is 1. The van der Waals surface area contributed by atoms with E-state index in [1.54, 1.807) is 0 Å². The van der Waals surface area contributed by atoms with E-state index in [4.69, 9.17) is 0 Å². The number of rotatable bonds is 8. The summed E-state index contributed by atoms with van der Waals surface area (Å²) in [5.74, 6) is -0.936. The summed E-state index contributed by atoms with van der Waals surface area (Å²) >= 11 is 0. The molecule has 3 N–H and O–H groups in total. The topological polar surface area (TPSA) is 109 Å². The number of hydrogen-bond donors (Lipinski definition) is 3. The molecule has 14 heteroatoms. The highest BCUT2D eigenvalue weighted by molar-refractivity contribution is 7.88. The Balaban J connectivity index is 1.34. The van der Waals surface area contributed by atoms with Gasteiger partial charge in [-0.2, -0.15) is 0 Å². The largest absolute Gasteiger partial charge is 0.350 e. The minimum atomic E-state index is -3.98. The van der Waals surface area contributed by atoms with Crippen LogP contribution in [0.25, 0.3) is 16.6 Å². The van der Waals surface area contributed by atoms with Gasteiger partial charge in [0, 0.05) is 31.1 Å². The van der Waals surface area contributed by atoms with Crippen LogP contribution in [0.4, 0.5) is 27.9 Å². The zero-order valence-electron chi connectivity index (χ0n) is 20.9. The fourth-order valence-electron chi connectivity index (χ4n) is 4.58. The number of alkyl halides is 4. The van der Waals surface area contributed by atoms with Crippen molar-refractivity contribution in [2.75, 3.05) is 18.4 Å². The summed E-state index contributed by atoms with van der Waals surface area (Å²) in [6.07, 6.45) is -0.554. The van der Waals surface area contributed by atoms with E-state index in [1.165, 1.54) is 30.5 Å². The van der Waals surface area contributed by atoms with Crippen molar-refractivity contribution in [2.45, 2.75) is 43.0 Å². The minimum Gasteiger partial charge on any atom is -0.350 e. The number of piperidine rings is 1. The van der Waals surface area contributed by atoms with Crippen molar-refractivity contribution in [3.05, 3.63) is 77.4 Å². The van der Waals surface area contributed by atoms with Gasteiger partial charge in [-0.1, -0.05) is 24.3 Å². The Morgan fingerprint density at radius 1 is 1.10 bits per heavy atom. The zero-order chi connectivity index (χ0) is 28.4. The van der Waals surface area contributed by atoms with Crippen molar-refractivity contribution in [3.63, 3.8) is 0 Å². The van der Waals surface area contributed by atoms with Crippen molar-refractivity contribution in [1.82, 2.24) is 25.0 Å². The van der Waals surface area contributed by atoms with E-state index in [-0.39, 0.29) is 47.3 Å². The standard InChI is InChI=1S/C26H25F5N6O2S/c27-16-4-1-14(2-5-16)13-40(38,39)37-21-6-3-15(7-20(21)29)22-9-19(25(30)31)24-23(35-22)12-33-26(36-24)34-18-8-17(28)10-32-11-18/h1-7,9,12,17-18,20-21,25,32,37H,8,10-11,13H2,(H,33,34,36)/t17-,18-,20?,21?/m0/s1. The molecule has 0 radical (unpaired) electrons. The van der Waals surface area contributed by atoms with E-state index in [0.717, 1.165) is 24.3 Å². The van der Waals surface area contributed by atoms with Gasteiger partial charge in [0.1, 0.15) is 29.2 Å². The molecule has 2 aliphatic rings. The highest BCUT2D eigenvalue weighted by atomic mass is 32.2. The monoisotopic (exact) mass is 580 g/mol. The predicted octanol–water partition coefficient (Wildman–Crippen LogP) is 3.99. The molecular weight excluding hydrogens is 555 g/mol. The van der Waals surface area contributed by atoms with E-state index >= 15 is 4.39 Å². The summed E-state index contributed by atoms with van der Waals surface area (Å²) in [5.41, 5.74) is 0.0473. The van der Waals surface area contributed by atoms with Gasteiger partial charge in [-0.15, -0.1) is 0 Å². The van der Waals surface area contributed by atoms with Gasteiger partial charge in [-0.25, -0.2) is 50.0 Å². The maximum Gasteiger partial charge on any atom is 0.266 e. The predicted molar refractivity (Wildman–Crippen MR) is 140 cm³/mol. The lowest BCUT2D eigenvalue weighted by Gasteiger charge is -2.26. The molecule has 3 heterocycles. The van der Waals surface area contributed by atoms with Crippen LogP contribution in [0.1, 0.15) is 29.7 Å². The first-order valence-electron chi connectivity index (χ1n) is 12.4. The molecule has 1 aliphatic heterocycles. The first-order chi connectivity index (χ1) is 19.1. The molecule has 5 rings (SSSR count).